The summed E-state index contributed by atoms with van der Waals surface area (Å²) in [6.45, 7) is 6.12. The van der Waals surface area contributed by atoms with Gasteiger partial charge in [0.1, 0.15) is 6.10 Å². The zero-order valence-electron chi connectivity index (χ0n) is 18.3. The topological polar surface area (TPSA) is 119 Å². The zero-order valence-corrected chi connectivity index (χ0v) is 19.1. The average molecular weight is 455 g/mol. The number of carbonyl (C=O) groups excluding carboxylic acids is 3. The molecule has 0 bridgehead atoms. The minimum Gasteiger partial charge on any atom is -0.460 e. The van der Waals surface area contributed by atoms with Gasteiger partial charge in [-0.05, 0) is 31.9 Å². The number of benzene rings is 1. The fourth-order valence-corrected chi connectivity index (χ4v) is 4.64. The van der Waals surface area contributed by atoms with Crippen LogP contribution in [0.25, 0.3) is 0 Å². The van der Waals surface area contributed by atoms with Crippen molar-refractivity contribution in [3.8, 4) is 0 Å². The first-order valence-electron chi connectivity index (χ1n) is 10.2. The molecule has 172 valence electrons. The number of ether oxygens (including phenoxy) is 1. The van der Waals surface area contributed by atoms with E-state index >= 15 is 0 Å². The van der Waals surface area contributed by atoms with Gasteiger partial charge in [0, 0.05) is 39.8 Å². The van der Waals surface area contributed by atoms with E-state index in [2.05, 4.69) is 5.32 Å². The van der Waals surface area contributed by atoms with Crippen molar-refractivity contribution in [3.63, 3.8) is 0 Å². The van der Waals surface area contributed by atoms with Crippen LogP contribution in [0.2, 0.25) is 0 Å². The van der Waals surface area contributed by atoms with Gasteiger partial charge in [-0.3, -0.25) is 18.6 Å². The monoisotopic (exact) mass is 454 g/mol. The van der Waals surface area contributed by atoms with Gasteiger partial charge < -0.3 is 15.0 Å². The average Bonchev–Trinajstić information content (AvgIpc) is 2.66. The molecule has 0 radical (unpaired) electrons. The van der Waals surface area contributed by atoms with Crippen molar-refractivity contribution in [1.29, 1.82) is 0 Å². The Morgan fingerprint density at radius 2 is 1.77 bits per heavy atom. The smallest absolute Gasteiger partial charge is 0.302 e. The first-order chi connectivity index (χ1) is 14.5. The molecule has 1 aliphatic heterocycles. The lowest BCUT2D eigenvalue weighted by atomic mass is 9.92. The summed E-state index contributed by atoms with van der Waals surface area (Å²) in [5.74, 6) is -0.920. The van der Waals surface area contributed by atoms with Gasteiger partial charge in [-0.25, -0.2) is 0 Å². The van der Waals surface area contributed by atoms with Gasteiger partial charge in [-0.15, -0.1) is 0 Å². The molecule has 1 fully saturated rings. The minimum atomic E-state index is -3.86. The molecule has 3 atom stereocenters. The number of amides is 2. The van der Waals surface area contributed by atoms with Crippen LogP contribution in [-0.2, 0) is 33.4 Å². The van der Waals surface area contributed by atoms with Crippen LogP contribution in [0.5, 0.6) is 0 Å². The van der Waals surface area contributed by atoms with Crippen molar-refractivity contribution in [2.24, 2.45) is 0 Å². The molecule has 1 aromatic carbocycles. The van der Waals surface area contributed by atoms with Crippen LogP contribution < -0.4 is 5.32 Å². The standard InChI is InChI=1S/C21H30N2O7S/c1-14-7-9-19(10-8-14)31(27,28)29-11-5-6-18-12-21(30-17(4)26)20(22-15(2)24)13-23(18)16(3)25/h7-10,18,20-21H,5-6,11-13H2,1-4H3,(H,22,24)/t18-,20+,21-/m1/s1. The maximum absolute atomic E-state index is 12.3. The summed E-state index contributed by atoms with van der Waals surface area (Å²) < 4.78 is 35.1. The molecule has 2 amide bonds. The third-order valence-corrected chi connectivity index (χ3v) is 6.45. The third-order valence-electron chi connectivity index (χ3n) is 5.13. The number of carbonyl (C=O) groups is 3. The molecule has 0 unspecified atom stereocenters. The molecule has 31 heavy (non-hydrogen) atoms. The Bertz CT molecular complexity index is 899. The Labute approximate surface area is 183 Å². The molecule has 1 aromatic rings. The summed E-state index contributed by atoms with van der Waals surface area (Å²) in [6, 6.07) is 5.62. The van der Waals surface area contributed by atoms with Gasteiger partial charge in [-0.1, -0.05) is 17.7 Å². The van der Waals surface area contributed by atoms with Crippen molar-refractivity contribution in [3.05, 3.63) is 29.8 Å². The SMILES string of the molecule is CC(=O)N[C@H]1CN(C(C)=O)[C@H](CCCOS(=O)(=O)c2ccc(C)cc2)C[C@H]1OC(C)=O. The molecule has 9 nitrogen and oxygen atoms in total. The quantitative estimate of drug-likeness (QED) is 0.359. The Kier molecular flexibility index (Phi) is 8.58. The van der Waals surface area contributed by atoms with E-state index in [9.17, 15) is 22.8 Å². The second-order valence-electron chi connectivity index (χ2n) is 7.75. The molecule has 0 aromatic heterocycles. The van der Waals surface area contributed by atoms with E-state index in [1.54, 1.807) is 17.0 Å². The number of rotatable bonds is 8. The molecule has 0 aliphatic carbocycles. The fourth-order valence-electron chi connectivity index (χ4n) is 3.70. The number of aryl methyl sites for hydroxylation is 1. The third kappa shape index (κ3) is 7.32. The van der Waals surface area contributed by atoms with Crippen LogP contribution in [0.3, 0.4) is 0 Å². The summed E-state index contributed by atoms with van der Waals surface area (Å²) in [6.07, 6.45) is 0.624. The van der Waals surface area contributed by atoms with Gasteiger partial charge in [0.2, 0.25) is 11.8 Å². The number of nitrogens with one attached hydrogen (secondary N) is 1. The number of esters is 1. The first-order valence-corrected chi connectivity index (χ1v) is 11.6. The lowest BCUT2D eigenvalue weighted by Gasteiger charge is -2.43. The normalized spacial score (nSPS) is 21.4. The van der Waals surface area contributed by atoms with Crippen molar-refractivity contribution in [2.75, 3.05) is 13.2 Å². The summed E-state index contributed by atoms with van der Waals surface area (Å²) in [5.41, 5.74) is 0.945. The molecule has 1 heterocycles. The van der Waals surface area contributed by atoms with Crippen LogP contribution in [0, 0.1) is 6.92 Å². The second kappa shape index (κ2) is 10.7. The van der Waals surface area contributed by atoms with E-state index in [1.165, 1.54) is 32.9 Å². The Balaban J connectivity index is 1.99. The van der Waals surface area contributed by atoms with Gasteiger partial charge in [0.05, 0.1) is 17.5 Å². The molecule has 2 rings (SSSR count). The molecule has 0 saturated carbocycles. The lowest BCUT2D eigenvalue weighted by Crippen LogP contribution is -2.60. The summed E-state index contributed by atoms with van der Waals surface area (Å²) in [7, 11) is -3.86. The van der Waals surface area contributed by atoms with Crippen LogP contribution >= 0.6 is 0 Å². The Morgan fingerprint density at radius 3 is 2.32 bits per heavy atom. The number of hydrogen-bond acceptors (Lipinski definition) is 7. The fraction of sp³-hybridized carbons (Fsp3) is 0.571. The summed E-state index contributed by atoms with van der Waals surface area (Å²) in [4.78, 5) is 36.9. The van der Waals surface area contributed by atoms with Crippen molar-refractivity contribution in [1.82, 2.24) is 10.2 Å². The molecular weight excluding hydrogens is 424 g/mol. The van der Waals surface area contributed by atoms with E-state index in [1.807, 2.05) is 6.92 Å². The van der Waals surface area contributed by atoms with Crippen LogP contribution in [0.4, 0.5) is 0 Å². The molecule has 1 aliphatic rings. The number of nitrogens with zero attached hydrogens (tertiary/aromatic N) is 1. The van der Waals surface area contributed by atoms with Crippen molar-refractivity contribution < 1.29 is 31.7 Å². The highest BCUT2D eigenvalue weighted by molar-refractivity contribution is 7.86. The van der Waals surface area contributed by atoms with Crippen LogP contribution in [0.15, 0.2) is 29.2 Å². The van der Waals surface area contributed by atoms with Gasteiger partial charge >= 0.3 is 5.97 Å². The van der Waals surface area contributed by atoms with E-state index in [-0.39, 0.29) is 35.9 Å². The van der Waals surface area contributed by atoms with Crippen LogP contribution in [0.1, 0.15) is 45.6 Å². The Morgan fingerprint density at radius 1 is 1.13 bits per heavy atom. The van der Waals surface area contributed by atoms with Gasteiger partial charge in [0.15, 0.2) is 0 Å². The minimum absolute atomic E-state index is 0.0359. The van der Waals surface area contributed by atoms with Gasteiger partial charge in [0.25, 0.3) is 10.1 Å². The highest BCUT2D eigenvalue weighted by Gasteiger charge is 2.38. The predicted octanol–water partition coefficient (Wildman–Crippen LogP) is 1.54. The van der Waals surface area contributed by atoms with E-state index in [0.29, 0.717) is 19.3 Å². The highest BCUT2D eigenvalue weighted by atomic mass is 32.2. The number of hydrogen-bond donors (Lipinski definition) is 1. The molecule has 1 saturated heterocycles. The number of piperidine rings is 1. The van der Waals surface area contributed by atoms with E-state index in [4.69, 9.17) is 8.92 Å². The lowest BCUT2D eigenvalue weighted by molar-refractivity contribution is -0.155. The predicted molar refractivity (Wildman–Crippen MR) is 113 cm³/mol. The van der Waals surface area contributed by atoms with E-state index in [0.717, 1.165) is 5.56 Å². The zero-order chi connectivity index (χ0) is 23.2. The maximum atomic E-state index is 12.3. The highest BCUT2D eigenvalue weighted by Crippen LogP contribution is 2.25. The molecular formula is C21H30N2O7S. The van der Waals surface area contributed by atoms with Crippen LogP contribution in [-0.4, -0.2) is 62.4 Å². The summed E-state index contributed by atoms with van der Waals surface area (Å²) >= 11 is 0. The maximum Gasteiger partial charge on any atom is 0.302 e. The first kappa shape index (κ1) is 24.8. The van der Waals surface area contributed by atoms with Crippen molar-refractivity contribution >= 4 is 27.9 Å². The largest absolute Gasteiger partial charge is 0.460 e. The van der Waals surface area contributed by atoms with E-state index < -0.39 is 28.2 Å². The Hall–Kier alpha value is -2.46. The molecule has 0 spiro atoms. The second-order valence-corrected chi connectivity index (χ2v) is 9.36. The summed E-state index contributed by atoms with van der Waals surface area (Å²) in [5, 5.41) is 2.74. The van der Waals surface area contributed by atoms with Crippen molar-refractivity contribution in [2.45, 2.75) is 70.0 Å². The molecule has 1 N–H and O–H groups in total. The molecule has 10 heteroatoms. The van der Waals surface area contributed by atoms with Gasteiger partial charge in [-0.2, -0.15) is 8.42 Å². The number of likely N-dealkylation sites (tertiary alicyclic amines) is 1.